The number of H-pyrrole nitrogens is 1. The van der Waals surface area contributed by atoms with E-state index >= 15 is 0 Å². The zero-order chi connectivity index (χ0) is 16.5. The Morgan fingerprint density at radius 2 is 2.00 bits per heavy atom. The van der Waals surface area contributed by atoms with Gasteiger partial charge >= 0.3 is 0 Å². The average Bonchev–Trinajstić information content (AvgIpc) is 2.99. The molecule has 3 nitrogen and oxygen atoms in total. The van der Waals surface area contributed by atoms with Crippen LogP contribution in [0.4, 0.5) is 0 Å². The Morgan fingerprint density at radius 1 is 1.17 bits per heavy atom. The lowest BCUT2D eigenvalue weighted by Gasteiger charge is -2.24. The van der Waals surface area contributed by atoms with E-state index < -0.39 is 0 Å². The highest BCUT2D eigenvalue weighted by Crippen LogP contribution is 2.36. The van der Waals surface area contributed by atoms with Crippen molar-refractivity contribution in [3.8, 4) is 11.1 Å². The quantitative estimate of drug-likeness (QED) is 0.675. The number of aliphatic hydroxyl groups excluding tert-OH is 1. The molecule has 1 aromatic heterocycles. The molecular formula is C21H24N2O. The summed E-state index contributed by atoms with van der Waals surface area (Å²) in [5.74, 6) is 0. The maximum absolute atomic E-state index is 9.56. The molecule has 0 radical (unpaired) electrons. The second-order valence-electron chi connectivity index (χ2n) is 6.85. The normalized spacial score (nSPS) is 18.5. The number of nitrogens with one attached hydrogen (secondary N) is 2. The summed E-state index contributed by atoms with van der Waals surface area (Å²) >= 11 is 0. The second kappa shape index (κ2) is 6.42. The zero-order valence-corrected chi connectivity index (χ0v) is 14.0. The minimum Gasteiger partial charge on any atom is -0.392 e. The molecule has 3 aromatic rings. The van der Waals surface area contributed by atoms with Crippen LogP contribution in [0.5, 0.6) is 0 Å². The molecule has 1 heterocycles. The largest absolute Gasteiger partial charge is 0.392 e. The van der Waals surface area contributed by atoms with E-state index in [-0.39, 0.29) is 6.10 Å². The van der Waals surface area contributed by atoms with Gasteiger partial charge in [0.1, 0.15) is 0 Å². The standard InChI is InChI=1S/C21H24N2O/c1-14(24)13-22-20-9-5-8-17-18-12-16(15-6-3-2-4-7-15)10-11-19(18)23-21(17)20/h2-4,6-7,10-12,14,20,22-24H,5,8-9,13H2,1H3/t14-,20?/m0/s1. The summed E-state index contributed by atoms with van der Waals surface area (Å²) in [5.41, 5.74) is 6.49. The summed E-state index contributed by atoms with van der Waals surface area (Å²) in [5, 5.41) is 14.4. The van der Waals surface area contributed by atoms with E-state index in [0.29, 0.717) is 12.6 Å². The summed E-state index contributed by atoms with van der Waals surface area (Å²) < 4.78 is 0. The summed E-state index contributed by atoms with van der Waals surface area (Å²) in [7, 11) is 0. The molecule has 3 N–H and O–H groups in total. The number of aromatic nitrogens is 1. The molecule has 24 heavy (non-hydrogen) atoms. The highest BCUT2D eigenvalue weighted by molar-refractivity contribution is 5.89. The SMILES string of the molecule is C[C@H](O)CNC1CCCc2c1[nH]c1ccc(-c3ccccc3)cc21. The molecule has 0 aliphatic heterocycles. The van der Waals surface area contributed by atoms with Crippen LogP contribution in [0.25, 0.3) is 22.0 Å². The van der Waals surface area contributed by atoms with Crippen molar-refractivity contribution >= 4 is 10.9 Å². The number of aryl methyl sites for hydroxylation is 1. The molecule has 124 valence electrons. The van der Waals surface area contributed by atoms with Crippen molar-refractivity contribution in [1.29, 1.82) is 0 Å². The lowest BCUT2D eigenvalue weighted by Crippen LogP contribution is -2.31. The maximum Gasteiger partial charge on any atom is 0.0636 e. The molecular weight excluding hydrogens is 296 g/mol. The molecule has 2 atom stereocenters. The fraction of sp³-hybridized carbons (Fsp3) is 0.333. The van der Waals surface area contributed by atoms with Crippen molar-refractivity contribution in [2.24, 2.45) is 0 Å². The third-order valence-electron chi connectivity index (χ3n) is 4.97. The molecule has 4 rings (SSSR count). The van der Waals surface area contributed by atoms with Crippen LogP contribution >= 0.6 is 0 Å². The van der Waals surface area contributed by atoms with Crippen molar-refractivity contribution in [2.45, 2.75) is 38.3 Å². The van der Waals surface area contributed by atoms with Crippen LogP contribution in [0.1, 0.15) is 37.1 Å². The van der Waals surface area contributed by atoms with Gasteiger partial charge in [-0.25, -0.2) is 0 Å². The van der Waals surface area contributed by atoms with E-state index in [1.54, 1.807) is 0 Å². The molecule has 0 fully saturated rings. The lowest BCUT2D eigenvalue weighted by atomic mass is 9.91. The number of rotatable bonds is 4. The van der Waals surface area contributed by atoms with Gasteiger partial charge in [-0.3, -0.25) is 0 Å². The number of aromatic amines is 1. The van der Waals surface area contributed by atoms with Crippen LogP contribution in [-0.4, -0.2) is 22.7 Å². The van der Waals surface area contributed by atoms with Gasteiger partial charge in [-0.15, -0.1) is 0 Å². The van der Waals surface area contributed by atoms with Crippen LogP contribution in [0, 0.1) is 0 Å². The van der Waals surface area contributed by atoms with Crippen LogP contribution in [0.2, 0.25) is 0 Å². The predicted octanol–water partition coefficient (Wildman–Crippen LogP) is 4.18. The van der Waals surface area contributed by atoms with Crippen molar-refractivity contribution in [3.05, 3.63) is 59.8 Å². The third kappa shape index (κ3) is 2.85. The minimum absolute atomic E-state index is 0.315. The Morgan fingerprint density at radius 3 is 2.79 bits per heavy atom. The highest BCUT2D eigenvalue weighted by Gasteiger charge is 2.24. The van der Waals surface area contributed by atoms with Gasteiger partial charge in [0, 0.05) is 29.2 Å². The van der Waals surface area contributed by atoms with Crippen LogP contribution < -0.4 is 5.32 Å². The predicted molar refractivity (Wildman–Crippen MR) is 99.1 cm³/mol. The lowest BCUT2D eigenvalue weighted by molar-refractivity contribution is 0.184. The van der Waals surface area contributed by atoms with E-state index in [9.17, 15) is 5.11 Å². The first-order valence-electron chi connectivity index (χ1n) is 8.84. The molecule has 0 spiro atoms. The smallest absolute Gasteiger partial charge is 0.0636 e. The zero-order valence-electron chi connectivity index (χ0n) is 14.0. The highest BCUT2D eigenvalue weighted by atomic mass is 16.3. The number of hydrogen-bond acceptors (Lipinski definition) is 2. The average molecular weight is 320 g/mol. The second-order valence-corrected chi connectivity index (χ2v) is 6.85. The fourth-order valence-corrected chi connectivity index (χ4v) is 3.79. The third-order valence-corrected chi connectivity index (χ3v) is 4.97. The van der Waals surface area contributed by atoms with Crippen molar-refractivity contribution in [3.63, 3.8) is 0 Å². The number of hydrogen-bond donors (Lipinski definition) is 3. The fourth-order valence-electron chi connectivity index (χ4n) is 3.79. The van der Waals surface area contributed by atoms with Crippen LogP contribution in [0.15, 0.2) is 48.5 Å². The van der Waals surface area contributed by atoms with Crippen molar-refractivity contribution < 1.29 is 5.11 Å². The Kier molecular flexibility index (Phi) is 4.13. The Labute approximate surface area is 142 Å². The molecule has 0 saturated heterocycles. The Balaban J connectivity index is 1.73. The first kappa shape index (κ1) is 15.4. The summed E-state index contributed by atoms with van der Waals surface area (Å²) in [6.45, 7) is 2.46. The van der Waals surface area contributed by atoms with Gasteiger partial charge in [0.25, 0.3) is 0 Å². The first-order valence-corrected chi connectivity index (χ1v) is 8.84. The monoisotopic (exact) mass is 320 g/mol. The van der Waals surface area contributed by atoms with Gasteiger partial charge in [0.15, 0.2) is 0 Å². The van der Waals surface area contributed by atoms with Gasteiger partial charge in [-0.1, -0.05) is 36.4 Å². The maximum atomic E-state index is 9.56. The molecule has 3 heteroatoms. The summed E-state index contributed by atoms with van der Waals surface area (Å²) in [6.07, 6.45) is 3.12. The molecule has 0 bridgehead atoms. The Hall–Kier alpha value is -2.10. The van der Waals surface area contributed by atoms with Crippen molar-refractivity contribution in [2.75, 3.05) is 6.54 Å². The van der Waals surface area contributed by atoms with E-state index in [4.69, 9.17) is 0 Å². The van der Waals surface area contributed by atoms with E-state index in [1.807, 2.05) is 6.92 Å². The minimum atomic E-state index is -0.315. The molecule has 0 amide bonds. The number of fused-ring (bicyclic) bond motifs is 3. The summed E-state index contributed by atoms with van der Waals surface area (Å²) in [6, 6.07) is 17.6. The van der Waals surface area contributed by atoms with Crippen LogP contribution in [0.3, 0.4) is 0 Å². The van der Waals surface area contributed by atoms with E-state index in [0.717, 1.165) is 12.8 Å². The first-order chi connectivity index (χ1) is 11.7. The number of benzene rings is 2. The van der Waals surface area contributed by atoms with E-state index in [2.05, 4.69) is 58.8 Å². The van der Waals surface area contributed by atoms with Gasteiger partial charge in [-0.2, -0.15) is 0 Å². The molecule has 0 saturated carbocycles. The van der Waals surface area contributed by atoms with Gasteiger partial charge in [-0.05, 0) is 55.0 Å². The van der Waals surface area contributed by atoms with Gasteiger partial charge in [0.05, 0.1) is 6.10 Å². The topological polar surface area (TPSA) is 48.0 Å². The molecule has 1 aliphatic carbocycles. The summed E-state index contributed by atoms with van der Waals surface area (Å²) in [4.78, 5) is 3.62. The molecule has 1 unspecified atom stereocenters. The Bertz CT molecular complexity index is 836. The van der Waals surface area contributed by atoms with Gasteiger partial charge < -0.3 is 15.4 Å². The van der Waals surface area contributed by atoms with Crippen LogP contribution in [-0.2, 0) is 6.42 Å². The van der Waals surface area contributed by atoms with Gasteiger partial charge in [0.2, 0.25) is 0 Å². The molecule has 1 aliphatic rings. The van der Waals surface area contributed by atoms with Crippen molar-refractivity contribution in [1.82, 2.24) is 10.3 Å². The molecule has 2 aromatic carbocycles. The number of aliphatic hydroxyl groups is 1. The van der Waals surface area contributed by atoms with E-state index in [1.165, 1.54) is 39.7 Å².